The molecule has 4 rings (SSSR count). The summed E-state index contributed by atoms with van der Waals surface area (Å²) in [6, 6.07) is 7.06. The van der Waals surface area contributed by atoms with Crippen LogP contribution in [0.25, 0.3) is 11.0 Å². The highest BCUT2D eigenvalue weighted by Crippen LogP contribution is 2.63. The van der Waals surface area contributed by atoms with Gasteiger partial charge in [0.15, 0.2) is 0 Å². The van der Waals surface area contributed by atoms with Crippen molar-refractivity contribution in [1.29, 1.82) is 0 Å². The van der Waals surface area contributed by atoms with Crippen LogP contribution in [0.15, 0.2) is 18.2 Å². The van der Waals surface area contributed by atoms with E-state index in [4.69, 9.17) is 0 Å². The zero-order chi connectivity index (χ0) is 14.8. The number of hydrogen-bond acceptors (Lipinski definition) is 2. The predicted molar refractivity (Wildman–Crippen MR) is 87.5 cm³/mol. The van der Waals surface area contributed by atoms with Crippen molar-refractivity contribution in [3.63, 3.8) is 0 Å². The molecule has 3 atom stereocenters. The third-order valence-corrected chi connectivity index (χ3v) is 6.18. The summed E-state index contributed by atoms with van der Waals surface area (Å²) in [6.45, 7) is 9.36. The maximum Gasteiger partial charge on any atom is 0.104 e. The number of aryl methyl sites for hydroxylation is 1. The van der Waals surface area contributed by atoms with Gasteiger partial charge in [-0.2, -0.15) is 0 Å². The Morgan fingerprint density at radius 2 is 2.10 bits per heavy atom. The van der Waals surface area contributed by atoms with Crippen LogP contribution in [-0.2, 0) is 0 Å². The molecule has 112 valence electrons. The number of hydrogen-bond donors (Lipinski definition) is 2. The molecule has 2 saturated carbocycles. The Balaban J connectivity index is 1.67. The molecule has 2 bridgehead atoms. The van der Waals surface area contributed by atoms with Crippen molar-refractivity contribution in [2.45, 2.75) is 53.0 Å². The fraction of sp³-hybridized carbons (Fsp3) is 0.611. The van der Waals surface area contributed by atoms with E-state index < -0.39 is 0 Å². The van der Waals surface area contributed by atoms with Crippen molar-refractivity contribution in [2.24, 2.45) is 16.7 Å². The van der Waals surface area contributed by atoms with Gasteiger partial charge in [-0.25, -0.2) is 4.98 Å². The number of imidazole rings is 1. The average molecular weight is 283 g/mol. The predicted octanol–water partition coefficient (Wildman–Crippen LogP) is 4.50. The molecule has 0 amide bonds. The zero-order valence-electron chi connectivity index (χ0n) is 13.5. The van der Waals surface area contributed by atoms with Crippen LogP contribution in [0.5, 0.6) is 0 Å². The van der Waals surface area contributed by atoms with Crippen molar-refractivity contribution in [2.75, 3.05) is 5.32 Å². The highest BCUT2D eigenvalue weighted by atomic mass is 15.0. The molecule has 2 aliphatic rings. The molecule has 3 nitrogen and oxygen atoms in total. The highest BCUT2D eigenvalue weighted by molar-refractivity contribution is 5.79. The van der Waals surface area contributed by atoms with Crippen molar-refractivity contribution < 1.29 is 0 Å². The molecule has 1 aromatic carbocycles. The smallest absolute Gasteiger partial charge is 0.104 e. The summed E-state index contributed by atoms with van der Waals surface area (Å²) >= 11 is 0. The van der Waals surface area contributed by atoms with Gasteiger partial charge in [-0.1, -0.05) is 20.8 Å². The molecule has 0 aliphatic heterocycles. The minimum absolute atomic E-state index is 0.381. The number of aromatic amines is 1. The highest BCUT2D eigenvalue weighted by Gasteiger charge is 2.59. The third-order valence-electron chi connectivity index (χ3n) is 6.18. The molecule has 3 heteroatoms. The molecule has 2 aromatic rings. The summed E-state index contributed by atoms with van der Waals surface area (Å²) in [4.78, 5) is 7.82. The Labute approximate surface area is 126 Å². The topological polar surface area (TPSA) is 40.7 Å². The van der Waals surface area contributed by atoms with E-state index in [9.17, 15) is 0 Å². The van der Waals surface area contributed by atoms with Gasteiger partial charge in [-0.3, -0.25) is 0 Å². The lowest BCUT2D eigenvalue weighted by Gasteiger charge is -2.43. The molecule has 1 aromatic heterocycles. The van der Waals surface area contributed by atoms with Crippen molar-refractivity contribution >= 4 is 16.7 Å². The molecule has 0 spiro atoms. The lowest BCUT2D eigenvalue weighted by atomic mass is 9.68. The Hall–Kier alpha value is -1.51. The minimum Gasteiger partial charge on any atom is -0.381 e. The number of anilines is 1. The summed E-state index contributed by atoms with van der Waals surface area (Å²) in [5.41, 5.74) is 4.23. The number of nitrogens with zero attached hydrogens (tertiary/aromatic N) is 1. The van der Waals surface area contributed by atoms with E-state index in [0.29, 0.717) is 16.9 Å². The quantitative estimate of drug-likeness (QED) is 0.852. The summed E-state index contributed by atoms with van der Waals surface area (Å²) in [5.74, 6) is 1.85. The number of nitrogens with one attached hydrogen (secondary N) is 2. The standard InChI is InChI=1S/C18H25N3/c1-11-19-14-6-5-13(9-15(14)20-11)21-16-17(2,3)12-7-8-18(16,4)10-12/h5-6,9,12,16,21H,7-8,10H2,1-4H3,(H,19,20). The van der Waals surface area contributed by atoms with Gasteiger partial charge in [0.05, 0.1) is 11.0 Å². The average Bonchev–Trinajstić information content (AvgIpc) is 3.02. The van der Waals surface area contributed by atoms with Crippen LogP contribution < -0.4 is 5.32 Å². The van der Waals surface area contributed by atoms with E-state index in [1.807, 2.05) is 6.92 Å². The minimum atomic E-state index is 0.381. The number of benzene rings is 1. The Morgan fingerprint density at radius 3 is 2.81 bits per heavy atom. The van der Waals surface area contributed by atoms with E-state index in [2.05, 4.69) is 54.3 Å². The van der Waals surface area contributed by atoms with E-state index in [0.717, 1.165) is 22.8 Å². The summed E-state index contributed by atoms with van der Waals surface area (Å²) in [6.07, 6.45) is 4.15. The monoisotopic (exact) mass is 283 g/mol. The van der Waals surface area contributed by atoms with Gasteiger partial charge in [0.25, 0.3) is 0 Å². The first kappa shape index (κ1) is 13.2. The molecular weight excluding hydrogens is 258 g/mol. The lowest BCUT2D eigenvalue weighted by Crippen LogP contribution is -2.45. The van der Waals surface area contributed by atoms with Crippen LogP contribution >= 0.6 is 0 Å². The Bertz CT molecular complexity index is 695. The normalized spacial score (nSPS) is 33.7. The van der Waals surface area contributed by atoms with Gasteiger partial charge in [0, 0.05) is 11.7 Å². The van der Waals surface area contributed by atoms with Crippen LogP contribution in [0.4, 0.5) is 5.69 Å². The van der Waals surface area contributed by atoms with E-state index in [1.165, 1.54) is 24.9 Å². The Morgan fingerprint density at radius 1 is 1.29 bits per heavy atom. The number of aromatic nitrogens is 2. The van der Waals surface area contributed by atoms with E-state index in [1.54, 1.807) is 0 Å². The zero-order valence-corrected chi connectivity index (χ0v) is 13.5. The van der Waals surface area contributed by atoms with Gasteiger partial charge in [-0.05, 0) is 61.1 Å². The first-order valence-electron chi connectivity index (χ1n) is 8.11. The second-order valence-electron chi connectivity index (χ2n) is 8.05. The molecule has 0 saturated heterocycles. The molecule has 2 aliphatic carbocycles. The molecule has 21 heavy (non-hydrogen) atoms. The molecule has 2 fully saturated rings. The molecule has 2 N–H and O–H groups in total. The largest absolute Gasteiger partial charge is 0.381 e. The van der Waals surface area contributed by atoms with Crippen LogP contribution in [0.1, 0.15) is 45.9 Å². The van der Waals surface area contributed by atoms with Crippen LogP contribution in [0.2, 0.25) is 0 Å². The third kappa shape index (κ3) is 1.82. The fourth-order valence-electron chi connectivity index (χ4n) is 5.06. The summed E-state index contributed by atoms with van der Waals surface area (Å²) in [5, 5.41) is 3.86. The fourth-order valence-corrected chi connectivity index (χ4v) is 5.06. The van der Waals surface area contributed by atoms with Gasteiger partial charge >= 0.3 is 0 Å². The Kier molecular flexibility index (Phi) is 2.52. The number of H-pyrrole nitrogens is 1. The maximum absolute atomic E-state index is 4.48. The lowest BCUT2D eigenvalue weighted by molar-refractivity contribution is 0.155. The van der Waals surface area contributed by atoms with Gasteiger partial charge in [0.2, 0.25) is 0 Å². The van der Waals surface area contributed by atoms with Crippen LogP contribution in [-0.4, -0.2) is 16.0 Å². The summed E-state index contributed by atoms with van der Waals surface area (Å²) in [7, 11) is 0. The number of rotatable bonds is 2. The van der Waals surface area contributed by atoms with E-state index >= 15 is 0 Å². The first-order valence-corrected chi connectivity index (χ1v) is 8.11. The molecule has 0 radical (unpaired) electrons. The molecule has 3 unspecified atom stereocenters. The second-order valence-corrected chi connectivity index (χ2v) is 8.05. The second kappa shape index (κ2) is 4.02. The van der Waals surface area contributed by atoms with Gasteiger partial charge in [0.1, 0.15) is 5.82 Å². The van der Waals surface area contributed by atoms with E-state index in [-0.39, 0.29) is 0 Å². The molecular formula is C18H25N3. The number of fused-ring (bicyclic) bond motifs is 3. The van der Waals surface area contributed by atoms with Crippen LogP contribution in [0, 0.1) is 23.7 Å². The molecule has 1 heterocycles. The SMILES string of the molecule is Cc1nc2ccc(NC3C4(C)CCC(C4)C3(C)C)cc2[nH]1. The van der Waals surface area contributed by atoms with Crippen molar-refractivity contribution in [3.05, 3.63) is 24.0 Å². The maximum atomic E-state index is 4.48. The van der Waals surface area contributed by atoms with Crippen LogP contribution in [0.3, 0.4) is 0 Å². The van der Waals surface area contributed by atoms with Crippen molar-refractivity contribution in [1.82, 2.24) is 9.97 Å². The first-order chi connectivity index (χ1) is 9.88. The summed E-state index contributed by atoms with van der Waals surface area (Å²) < 4.78 is 0. The van der Waals surface area contributed by atoms with Gasteiger partial charge < -0.3 is 10.3 Å². The van der Waals surface area contributed by atoms with Gasteiger partial charge in [-0.15, -0.1) is 0 Å². The van der Waals surface area contributed by atoms with Crippen molar-refractivity contribution in [3.8, 4) is 0 Å².